The highest BCUT2D eigenvalue weighted by atomic mass is 32.1. The summed E-state index contributed by atoms with van der Waals surface area (Å²) in [4.78, 5) is 10.2. The van der Waals surface area contributed by atoms with Crippen LogP contribution in [-0.2, 0) is 0 Å². The smallest absolute Gasteiger partial charge is 0.226 e. The Bertz CT molecular complexity index is 528. The van der Waals surface area contributed by atoms with Crippen molar-refractivity contribution >= 4 is 17.3 Å². The molecule has 0 spiro atoms. The van der Waals surface area contributed by atoms with E-state index in [1.54, 1.807) is 11.3 Å². The van der Waals surface area contributed by atoms with Gasteiger partial charge in [0.05, 0.1) is 12.6 Å². The van der Waals surface area contributed by atoms with Gasteiger partial charge in [0.25, 0.3) is 0 Å². The van der Waals surface area contributed by atoms with Gasteiger partial charge < -0.3 is 10.1 Å². The molecular formula is C15H21N3OS. The molecule has 1 unspecified atom stereocenters. The standard InChI is InChI=1S/C15H21N3OS/c1-4-8-19-14-10-11(3)16-15(18-14)17-12(5-2)13-7-6-9-20-13/h6-7,9-10,12H,4-5,8H2,1-3H3,(H,16,17,18). The van der Waals surface area contributed by atoms with Crippen LogP contribution in [0.2, 0.25) is 0 Å². The first-order chi connectivity index (χ1) is 9.72. The Balaban J connectivity index is 2.13. The van der Waals surface area contributed by atoms with E-state index in [1.807, 2.05) is 13.0 Å². The Kier molecular flexibility index (Phi) is 5.35. The number of ether oxygens (including phenoxy) is 1. The van der Waals surface area contributed by atoms with Crippen molar-refractivity contribution in [1.29, 1.82) is 0 Å². The van der Waals surface area contributed by atoms with Gasteiger partial charge in [-0.15, -0.1) is 11.3 Å². The van der Waals surface area contributed by atoms with Crippen LogP contribution in [0.15, 0.2) is 23.6 Å². The van der Waals surface area contributed by atoms with Gasteiger partial charge in [-0.2, -0.15) is 4.98 Å². The van der Waals surface area contributed by atoms with Gasteiger partial charge >= 0.3 is 0 Å². The van der Waals surface area contributed by atoms with Crippen LogP contribution in [0.5, 0.6) is 5.88 Å². The van der Waals surface area contributed by atoms with Crippen LogP contribution < -0.4 is 10.1 Å². The van der Waals surface area contributed by atoms with Crippen LogP contribution in [0.25, 0.3) is 0 Å². The second-order valence-corrected chi connectivity index (χ2v) is 5.62. The number of aryl methyl sites for hydroxylation is 1. The Morgan fingerprint density at radius 2 is 2.20 bits per heavy atom. The summed E-state index contributed by atoms with van der Waals surface area (Å²) >= 11 is 1.75. The van der Waals surface area contributed by atoms with Crippen molar-refractivity contribution in [1.82, 2.24) is 9.97 Å². The van der Waals surface area contributed by atoms with E-state index in [9.17, 15) is 0 Å². The van der Waals surface area contributed by atoms with Gasteiger partial charge in [-0.3, -0.25) is 0 Å². The number of rotatable bonds is 7. The van der Waals surface area contributed by atoms with Crippen LogP contribution in [0, 0.1) is 6.92 Å². The third-order valence-electron chi connectivity index (χ3n) is 2.88. The Morgan fingerprint density at radius 3 is 2.85 bits per heavy atom. The Hall–Kier alpha value is -1.62. The van der Waals surface area contributed by atoms with Crippen LogP contribution in [0.1, 0.15) is 43.3 Å². The summed E-state index contributed by atoms with van der Waals surface area (Å²) in [6.45, 7) is 6.87. The molecule has 108 valence electrons. The number of hydrogen-bond donors (Lipinski definition) is 1. The zero-order chi connectivity index (χ0) is 14.4. The molecule has 1 N–H and O–H groups in total. The second-order valence-electron chi connectivity index (χ2n) is 4.64. The summed E-state index contributed by atoms with van der Waals surface area (Å²) in [6.07, 6.45) is 1.96. The molecule has 2 rings (SSSR count). The lowest BCUT2D eigenvalue weighted by Crippen LogP contribution is -2.12. The van der Waals surface area contributed by atoms with Crippen molar-refractivity contribution in [3.63, 3.8) is 0 Å². The molecule has 2 aromatic heterocycles. The van der Waals surface area contributed by atoms with E-state index in [-0.39, 0.29) is 6.04 Å². The first-order valence-corrected chi connectivity index (χ1v) is 7.89. The van der Waals surface area contributed by atoms with Crippen LogP contribution in [0.3, 0.4) is 0 Å². The third-order valence-corrected chi connectivity index (χ3v) is 3.87. The van der Waals surface area contributed by atoms with E-state index >= 15 is 0 Å². The molecule has 2 aromatic rings. The third kappa shape index (κ3) is 3.93. The highest BCUT2D eigenvalue weighted by Gasteiger charge is 2.12. The lowest BCUT2D eigenvalue weighted by Gasteiger charge is -2.16. The summed E-state index contributed by atoms with van der Waals surface area (Å²) in [6, 6.07) is 6.32. The molecule has 0 saturated carbocycles. The predicted octanol–water partition coefficient (Wildman–Crippen LogP) is 4.20. The fourth-order valence-corrected chi connectivity index (χ4v) is 2.77. The Labute approximate surface area is 124 Å². The molecule has 0 amide bonds. The van der Waals surface area contributed by atoms with E-state index in [4.69, 9.17) is 4.74 Å². The highest BCUT2D eigenvalue weighted by Crippen LogP contribution is 2.25. The van der Waals surface area contributed by atoms with Gasteiger partial charge in [0.1, 0.15) is 0 Å². The van der Waals surface area contributed by atoms with E-state index in [2.05, 4.69) is 46.6 Å². The Morgan fingerprint density at radius 1 is 1.35 bits per heavy atom. The lowest BCUT2D eigenvalue weighted by molar-refractivity contribution is 0.305. The molecule has 0 aliphatic rings. The van der Waals surface area contributed by atoms with Crippen molar-refractivity contribution in [2.24, 2.45) is 0 Å². The molecular weight excluding hydrogens is 270 g/mol. The summed E-state index contributed by atoms with van der Waals surface area (Å²) in [5.41, 5.74) is 0.912. The molecule has 0 saturated heterocycles. The summed E-state index contributed by atoms with van der Waals surface area (Å²) in [7, 11) is 0. The molecule has 1 atom stereocenters. The maximum atomic E-state index is 5.59. The molecule has 20 heavy (non-hydrogen) atoms. The summed E-state index contributed by atoms with van der Waals surface area (Å²) in [5, 5.41) is 5.49. The van der Waals surface area contributed by atoms with E-state index in [0.29, 0.717) is 18.4 Å². The molecule has 4 nitrogen and oxygen atoms in total. The maximum absolute atomic E-state index is 5.59. The van der Waals surface area contributed by atoms with Gasteiger partial charge in [-0.25, -0.2) is 4.98 Å². The minimum Gasteiger partial charge on any atom is -0.478 e. The fourth-order valence-electron chi connectivity index (χ4n) is 1.90. The topological polar surface area (TPSA) is 47.0 Å². The van der Waals surface area contributed by atoms with Crippen molar-refractivity contribution in [3.8, 4) is 5.88 Å². The maximum Gasteiger partial charge on any atom is 0.226 e. The zero-order valence-corrected chi connectivity index (χ0v) is 13.0. The second kappa shape index (κ2) is 7.24. The molecule has 0 radical (unpaired) electrons. The zero-order valence-electron chi connectivity index (χ0n) is 12.2. The van der Waals surface area contributed by atoms with Gasteiger partial charge in [0, 0.05) is 16.6 Å². The average molecular weight is 291 g/mol. The van der Waals surface area contributed by atoms with Crippen LogP contribution in [-0.4, -0.2) is 16.6 Å². The lowest BCUT2D eigenvalue weighted by atomic mass is 10.2. The number of anilines is 1. The number of nitrogens with one attached hydrogen (secondary N) is 1. The SMILES string of the molecule is CCCOc1cc(C)nc(NC(CC)c2cccs2)n1. The first-order valence-electron chi connectivity index (χ1n) is 7.01. The largest absolute Gasteiger partial charge is 0.478 e. The number of hydrogen-bond acceptors (Lipinski definition) is 5. The highest BCUT2D eigenvalue weighted by molar-refractivity contribution is 7.10. The van der Waals surface area contributed by atoms with E-state index in [1.165, 1.54) is 4.88 Å². The predicted molar refractivity (Wildman–Crippen MR) is 83.5 cm³/mol. The molecule has 0 aromatic carbocycles. The molecule has 0 fully saturated rings. The summed E-state index contributed by atoms with van der Waals surface area (Å²) < 4.78 is 5.59. The minimum atomic E-state index is 0.246. The molecule has 0 bridgehead atoms. The van der Waals surface area contributed by atoms with Crippen LogP contribution >= 0.6 is 11.3 Å². The van der Waals surface area contributed by atoms with Gasteiger partial charge in [0.15, 0.2) is 0 Å². The average Bonchev–Trinajstić information content (AvgIpc) is 2.96. The van der Waals surface area contributed by atoms with Crippen molar-refractivity contribution in [2.45, 2.75) is 39.7 Å². The van der Waals surface area contributed by atoms with Crippen molar-refractivity contribution < 1.29 is 4.74 Å². The fraction of sp³-hybridized carbons (Fsp3) is 0.467. The van der Waals surface area contributed by atoms with Gasteiger partial charge in [-0.05, 0) is 31.2 Å². The minimum absolute atomic E-state index is 0.246. The van der Waals surface area contributed by atoms with E-state index < -0.39 is 0 Å². The molecule has 0 aliphatic carbocycles. The molecule has 5 heteroatoms. The van der Waals surface area contributed by atoms with Crippen LogP contribution in [0.4, 0.5) is 5.95 Å². The summed E-state index contributed by atoms with van der Waals surface area (Å²) in [5.74, 6) is 1.28. The van der Waals surface area contributed by atoms with Crippen molar-refractivity contribution in [2.75, 3.05) is 11.9 Å². The van der Waals surface area contributed by atoms with Gasteiger partial charge in [0.2, 0.25) is 11.8 Å². The molecule has 2 heterocycles. The van der Waals surface area contributed by atoms with Gasteiger partial charge in [-0.1, -0.05) is 19.9 Å². The van der Waals surface area contributed by atoms with Crippen molar-refractivity contribution in [3.05, 3.63) is 34.2 Å². The van der Waals surface area contributed by atoms with E-state index in [0.717, 1.165) is 18.5 Å². The normalized spacial score (nSPS) is 12.2. The first kappa shape index (κ1) is 14.8. The molecule has 0 aliphatic heterocycles. The monoisotopic (exact) mass is 291 g/mol. The number of nitrogens with zero attached hydrogens (tertiary/aromatic N) is 2. The quantitative estimate of drug-likeness (QED) is 0.830. The number of thiophene rings is 1. The number of aromatic nitrogens is 2.